The second-order valence-corrected chi connectivity index (χ2v) is 8.39. The van der Waals surface area contributed by atoms with Crippen molar-refractivity contribution in [2.45, 2.75) is 13.0 Å². The van der Waals surface area contributed by atoms with Crippen molar-refractivity contribution in [2.75, 3.05) is 31.6 Å². The first-order valence-corrected chi connectivity index (χ1v) is 11.7. The summed E-state index contributed by atoms with van der Waals surface area (Å²) in [5.41, 5.74) is 1.35. The van der Waals surface area contributed by atoms with Crippen molar-refractivity contribution in [2.24, 2.45) is 0 Å². The van der Waals surface area contributed by atoms with E-state index >= 15 is 0 Å². The number of morpholine rings is 1. The number of rotatable bonds is 7. The van der Waals surface area contributed by atoms with Gasteiger partial charge in [0.05, 0.1) is 35.3 Å². The molecule has 2 aromatic carbocycles. The number of carbonyl (C=O) groups excluding carboxylic acids is 1. The van der Waals surface area contributed by atoms with Crippen LogP contribution in [-0.4, -0.2) is 63.2 Å². The van der Waals surface area contributed by atoms with Crippen molar-refractivity contribution in [3.63, 3.8) is 0 Å². The molecule has 0 aliphatic carbocycles. The SMILES string of the molecule is C[C@@H](Oc1cccc2ncnc(Nc3ccc(Oc4cnccn4)c(Cl)c3)c12)C(=O)N1CCOCC1. The lowest BCUT2D eigenvalue weighted by atomic mass is 10.2. The fraction of sp³-hybridized carbons (Fsp3) is 0.240. The first kappa shape index (κ1) is 23.7. The van der Waals surface area contributed by atoms with Gasteiger partial charge in [-0.15, -0.1) is 0 Å². The molecular formula is C25H23ClN6O4. The van der Waals surface area contributed by atoms with Crippen molar-refractivity contribution in [3.05, 3.63) is 66.3 Å². The summed E-state index contributed by atoms with van der Waals surface area (Å²) in [6.07, 6.45) is 5.37. The molecule has 0 spiro atoms. The zero-order chi connectivity index (χ0) is 24.9. The summed E-state index contributed by atoms with van der Waals surface area (Å²) in [5.74, 6) is 1.70. The molecule has 184 valence electrons. The number of hydrogen-bond acceptors (Lipinski definition) is 9. The van der Waals surface area contributed by atoms with E-state index in [9.17, 15) is 4.79 Å². The second kappa shape index (κ2) is 10.7. The van der Waals surface area contributed by atoms with Crippen LogP contribution in [0.4, 0.5) is 11.5 Å². The van der Waals surface area contributed by atoms with E-state index in [1.165, 1.54) is 18.7 Å². The van der Waals surface area contributed by atoms with Crippen LogP contribution in [0, 0.1) is 0 Å². The van der Waals surface area contributed by atoms with E-state index in [0.29, 0.717) is 71.1 Å². The molecule has 1 saturated heterocycles. The van der Waals surface area contributed by atoms with Crippen LogP contribution in [-0.2, 0) is 9.53 Å². The van der Waals surface area contributed by atoms with Crippen LogP contribution < -0.4 is 14.8 Å². The van der Waals surface area contributed by atoms with Gasteiger partial charge in [0, 0.05) is 31.2 Å². The van der Waals surface area contributed by atoms with E-state index in [1.807, 2.05) is 12.1 Å². The Bertz CT molecular complexity index is 1360. The van der Waals surface area contributed by atoms with E-state index in [2.05, 4.69) is 25.3 Å². The molecule has 11 heteroatoms. The Kier molecular flexibility index (Phi) is 7.06. The van der Waals surface area contributed by atoms with Crippen molar-refractivity contribution in [1.82, 2.24) is 24.8 Å². The van der Waals surface area contributed by atoms with Gasteiger partial charge in [0.25, 0.3) is 5.91 Å². The Morgan fingerprint density at radius 2 is 1.97 bits per heavy atom. The predicted molar refractivity (Wildman–Crippen MR) is 134 cm³/mol. The molecule has 3 heterocycles. The molecule has 10 nitrogen and oxygen atoms in total. The van der Waals surface area contributed by atoms with Crippen LogP contribution in [0.2, 0.25) is 5.02 Å². The highest BCUT2D eigenvalue weighted by Crippen LogP contribution is 2.35. The molecule has 2 aromatic heterocycles. The first-order chi connectivity index (χ1) is 17.6. The maximum Gasteiger partial charge on any atom is 0.263 e. The summed E-state index contributed by atoms with van der Waals surface area (Å²) in [7, 11) is 0. The number of hydrogen-bond donors (Lipinski definition) is 1. The summed E-state index contributed by atoms with van der Waals surface area (Å²) in [4.78, 5) is 31.5. The molecule has 1 aliphatic heterocycles. The van der Waals surface area contributed by atoms with Crippen molar-refractivity contribution < 1.29 is 19.0 Å². The Morgan fingerprint density at radius 3 is 2.75 bits per heavy atom. The fourth-order valence-corrected chi connectivity index (χ4v) is 4.02. The largest absolute Gasteiger partial charge is 0.480 e. The van der Waals surface area contributed by atoms with Gasteiger partial charge in [-0.1, -0.05) is 17.7 Å². The highest BCUT2D eigenvalue weighted by molar-refractivity contribution is 6.32. The Hall–Kier alpha value is -4.02. The van der Waals surface area contributed by atoms with Gasteiger partial charge >= 0.3 is 0 Å². The molecule has 0 radical (unpaired) electrons. The van der Waals surface area contributed by atoms with Crippen molar-refractivity contribution in [1.29, 1.82) is 0 Å². The van der Waals surface area contributed by atoms with Gasteiger partial charge in [0.1, 0.15) is 23.6 Å². The summed E-state index contributed by atoms with van der Waals surface area (Å²) >= 11 is 6.45. The summed E-state index contributed by atoms with van der Waals surface area (Å²) in [6.45, 7) is 3.90. The highest BCUT2D eigenvalue weighted by atomic mass is 35.5. The number of nitrogens with zero attached hydrogens (tertiary/aromatic N) is 5. The van der Waals surface area contributed by atoms with Crippen molar-refractivity contribution in [3.8, 4) is 17.4 Å². The number of anilines is 2. The molecule has 1 N–H and O–H groups in total. The summed E-state index contributed by atoms with van der Waals surface area (Å²) in [6, 6.07) is 10.7. The summed E-state index contributed by atoms with van der Waals surface area (Å²) in [5, 5.41) is 4.30. The number of halogens is 1. The number of benzene rings is 2. The molecule has 36 heavy (non-hydrogen) atoms. The van der Waals surface area contributed by atoms with Gasteiger partial charge in [0.15, 0.2) is 6.10 Å². The average Bonchev–Trinajstić information content (AvgIpc) is 2.91. The number of carbonyl (C=O) groups is 1. The van der Waals surface area contributed by atoms with E-state index in [0.717, 1.165) is 0 Å². The highest BCUT2D eigenvalue weighted by Gasteiger charge is 2.25. The van der Waals surface area contributed by atoms with E-state index in [-0.39, 0.29) is 5.91 Å². The number of amides is 1. The Morgan fingerprint density at radius 1 is 1.11 bits per heavy atom. The van der Waals surface area contributed by atoms with E-state index in [1.54, 1.807) is 42.3 Å². The zero-order valence-electron chi connectivity index (χ0n) is 19.4. The molecule has 0 saturated carbocycles. The number of ether oxygens (including phenoxy) is 3. The Balaban J connectivity index is 1.38. The normalized spacial score (nSPS) is 14.3. The molecule has 1 atom stereocenters. The van der Waals surface area contributed by atoms with Gasteiger partial charge in [-0.25, -0.2) is 15.0 Å². The molecule has 1 amide bonds. The second-order valence-electron chi connectivity index (χ2n) is 7.99. The molecule has 0 bridgehead atoms. The molecule has 1 fully saturated rings. The quantitative estimate of drug-likeness (QED) is 0.393. The molecule has 4 aromatic rings. The smallest absolute Gasteiger partial charge is 0.263 e. The zero-order valence-corrected chi connectivity index (χ0v) is 20.2. The number of aromatic nitrogens is 4. The maximum atomic E-state index is 12.9. The van der Waals surface area contributed by atoms with Gasteiger partial charge < -0.3 is 24.4 Å². The van der Waals surface area contributed by atoms with Gasteiger partial charge in [0.2, 0.25) is 5.88 Å². The van der Waals surface area contributed by atoms with Gasteiger partial charge in [-0.3, -0.25) is 9.78 Å². The van der Waals surface area contributed by atoms with Gasteiger partial charge in [-0.2, -0.15) is 0 Å². The van der Waals surface area contributed by atoms with Crippen LogP contribution in [0.15, 0.2) is 61.3 Å². The maximum absolute atomic E-state index is 12.9. The third-order valence-electron chi connectivity index (χ3n) is 5.55. The first-order valence-electron chi connectivity index (χ1n) is 11.4. The fourth-order valence-electron chi connectivity index (χ4n) is 3.80. The lowest BCUT2D eigenvalue weighted by Crippen LogP contribution is -2.46. The van der Waals surface area contributed by atoms with Gasteiger partial charge in [-0.05, 0) is 37.3 Å². The van der Waals surface area contributed by atoms with E-state index < -0.39 is 6.10 Å². The number of nitrogens with one attached hydrogen (secondary N) is 1. The Labute approximate surface area is 212 Å². The monoisotopic (exact) mass is 506 g/mol. The average molecular weight is 507 g/mol. The predicted octanol–water partition coefficient (Wildman–Crippen LogP) is 4.24. The molecule has 5 rings (SSSR count). The standard InChI is InChI=1S/C25H23ClN6O4/c1-16(25(33)32-9-11-34-12-10-32)35-21-4-2-3-19-23(21)24(30-15-29-19)31-17-5-6-20(18(26)13-17)36-22-14-27-7-8-28-22/h2-8,13-16H,9-12H2,1H3,(H,29,30,31)/t16-/m1/s1. The topological polar surface area (TPSA) is 112 Å². The van der Waals surface area contributed by atoms with Crippen LogP contribution in [0.1, 0.15) is 6.92 Å². The third-order valence-corrected chi connectivity index (χ3v) is 5.84. The summed E-state index contributed by atoms with van der Waals surface area (Å²) < 4.78 is 17.2. The lowest BCUT2D eigenvalue weighted by Gasteiger charge is -2.29. The third kappa shape index (κ3) is 5.29. The number of fused-ring (bicyclic) bond motifs is 1. The van der Waals surface area contributed by atoms with Crippen LogP contribution in [0.5, 0.6) is 17.4 Å². The molecule has 1 aliphatic rings. The molecular weight excluding hydrogens is 484 g/mol. The lowest BCUT2D eigenvalue weighted by molar-refractivity contribution is -0.142. The van der Waals surface area contributed by atoms with Crippen LogP contribution >= 0.6 is 11.6 Å². The minimum Gasteiger partial charge on any atom is -0.480 e. The minimum absolute atomic E-state index is 0.0906. The minimum atomic E-state index is -0.686. The van der Waals surface area contributed by atoms with Crippen molar-refractivity contribution >= 4 is 39.9 Å². The van der Waals surface area contributed by atoms with Crippen LogP contribution in [0.3, 0.4) is 0 Å². The van der Waals surface area contributed by atoms with Crippen LogP contribution in [0.25, 0.3) is 10.9 Å². The molecule has 0 unspecified atom stereocenters. The van der Waals surface area contributed by atoms with E-state index in [4.69, 9.17) is 25.8 Å².